The second kappa shape index (κ2) is 6.59. The van der Waals surface area contributed by atoms with E-state index in [4.69, 9.17) is 19.6 Å². The summed E-state index contributed by atoms with van der Waals surface area (Å²) in [5, 5.41) is 3.31. The van der Waals surface area contributed by atoms with Crippen molar-refractivity contribution < 1.29 is 13.9 Å². The Balaban J connectivity index is 1.48. The highest BCUT2D eigenvalue weighted by atomic mass is 16.5. The minimum Gasteiger partial charge on any atom is -0.474 e. The highest BCUT2D eigenvalue weighted by Crippen LogP contribution is 2.31. The van der Waals surface area contributed by atoms with Gasteiger partial charge in [-0.1, -0.05) is 12.1 Å². The highest BCUT2D eigenvalue weighted by molar-refractivity contribution is 6.02. The third-order valence-corrected chi connectivity index (χ3v) is 4.93. The molecular weight excluding hydrogens is 344 g/mol. The monoisotopic (exact) mass is 364 g/mol. The van der Waals surface area contributed by atoms with E-state index in [2.05, 4.69) is 33.5 Å². The summed E-state index contributed by atoms with van der Waals surface area (Å²) in [4.78, 5) is 8.77. The number of hydrogen-bond donors (Lipinski definition) is 2. The molecule has 2 aromatic carbocycles. The Morgan fingerprint density at radius 1 is 1.07 bits per heavy atom. The molecule has 1 fully saturated rings. The van der Waals surface area contributed by atoms with Crippen molar-refractivity contribution in [2.75, 3.05) is 30.9 Å². The van der Waals surface area contributed by atoms with Gasteiger partial charge in [-0.3, -0.25) is 0 Å². The summed E-state index contributed by atoms with van der Waals surface area (Å²) in [6, 6.07) is 12.3. The van der Waals surface area contributed by atoms with Crippen LogP contribution in [0.1, 0.15) is 18.4 Å². The molecule has 3 N–H and O–H groups in total. The van der Waals surface area contributed by atoms with Gasteiger partial charge in [0, 0.05) is 18.5 Å². The average molecular weight is 364 g/mol. The number of hydrogen-bond acceptors (Lipinski definition) is 7. The number of rotatable bonds is 2. The van der Waals surface area contributed by atoms with E-state index in [1.54, 1.807) is 0 Å². The summed E-state index contributed by atoms with van der Waals surface area (Å²) >= 11 is 0. The summed E-state index contributed by atoms with van der Waals surface area (Å²) in [6.45, 7) is 2.00. The van der Waals surface area contributed by atoms with E-state index in [1.807, 2.05) is 18.2 Å². The molecule has 0 radical (unpaired) electrons. The van der Waals surface area contributed by atoms with Crippen LogP contribution in [0, 0.1) is 0 Å². The van der Waals surface area contributed by atoms with Gasteiger partial charge in [-0.15, -0.1) is 0 Å². The molecule has 0 aliphatic carbocycles. The van der Waals surface area contributed by atoms with Crippen LogP contribution in [-0.4, -0.2) is 36.9 Å². The van der Waals surface area contributed by atoms with Crippen LogP contribution >= 0.6 is 0 Å². The zero-order chi connectivity index (χ0) is 18.2. The molecule has 3 aromatic rings. The van der Waals surface area contributed by atoms with E-state index in [9.17, 15) is 0 Å². The SMILES string of the molecule is Nc1nc2cc(-c3ccc4c(c3)C(OC3CCOCC3)=NCN4)ccc2o1. The van der Waals surface area contributed by atoms with Crippen molar-refractivity contribution in [2.45, 2.75) is 18.9 Å². The first-order valence-electron chi connectivity index (χ1n) is 9.10. The minimum absolute atomic E-state index is 0.154. The number of nitrogen functional groups attached to an aromatic ring is 1. The van der Waals surface area contributed by atoms with Gasteiger partial charge >= 0.3 is 0 Å². The van der Waals surface area contributed by atoms with Gasteiger partial charge in [0.1, 0.15) is 18.3 Å². The standard InChI is InChI=1S/C20H20N4O3/c21-20-24-17-10-13(2-4-18(17)27-20)12-1-3-16-15(9-12)19(23-11-22-16)26-14-5-7-25-8-6-14/h1-4,9-10,14,22H,5-8,11H2,(H2,21,24). The molecule has 1 saturated heterocycles. The van der Waals surface area contributed by atoms with E-state index in [-0.39, 0.29) is 12.1 Å². The van der Waals surface area contributed by atoms with Gasteiger partial charge in [-0.2, -0.15) is 4.98 Å². The largest absolute Gasteiger partial charge is 0.474 e. The van der Waals surface area contributed by atoms with Crippen LogP contribution in [0.15, 0.2) is 45.8 Å². The number of aromatic nitrogens is 1. The Labute approximate surface area is 156 Å². The predicted molar refractivity (Wildman–Crippen MR) is 104 cm³/mol. The molecule has 0 atom stereocenters. The van der Waals surface area contributed by atoms with Crippen molar-refractivity contribution in [3.05, 3.63) is 42.0 Å². The molecule has 0 saturated carbocycles. The molecule has 138 valence electrons. The Bertz CT molecular complexity index is 1020. The molecule has 0 unspecified atom stereocenters. The molecule has 5 rings (SSSR count). The average Bonchev–Trinajstić information content (AvgIpc) is 3.08. The number of anilines is 2. The van der Waals surface area contributed by atoms with Gasteiger partial charge in [0.05, 0.1) is 18.8 Å². The number of benzene rings is 2. The first kappa shape index (κ1) is 16.1. The van der Waals surface area contributed by atoms with Crippen LogP contribution in [0.5, 0.6) is 0 Å². The van der Waals surface area contributed by atoms with Crippen molar-refractivity contribution in [2.24, 2.45) is 4.99 Å². The summed E-state index contributed by atoms with van der Waals surface area (Å²) in [7, 11) is 0. The number of nitrogens with zero attached hydrogens (tertiary/aromatic N) is 2. The van der Waals surface area contributed by atoms with Gasteiger partial charge in [0.15, 0.2) is 5.58 Å². The lowest BCUT2D eigenvalue weighted by Gasteiger charge is -2.26. The number of nitrogens with two attached hydrogens (primary N) is 1. The van der Waals surface area contributed by atoms with Crippen LogP contribution in [0.3, 0.4) is 0 Å². The van der Waals surface area contributed by atoms with Crippen molar-refractivity contribution >= 4 is 28.7 Å². The normalized spacial score (nSPS) is 17.3. The van der Waals surface area contributed by atoms with E-state index in [0.29, 0.717) is 18.1 Å². The zero-order valence-corrected chi connectivity index (χ0v) is 14.8. The number of nitrogens with one attached hydrogen (secondary N) is 1. The maximum absolute atomic E-state index is 6.21. The van der Waals surface area contributed by atoms with Gasteiger partial charge in [0.25, 0.3) is 6.01 Å². The van der Waals surface area contributed by atoms with E-state index < -0.39 is 0 Å². The van der Waals surface area contributed by atoms with Crippen molar-refractivity contribution in [1.82, 2.24) is 4.98 Å². The molecule has 2 aliphatic heterocycles. The summed E-state index contributed by atoms with van der Waals surface area (Å²) in [5.41, 5.74) is 11.2. The summed E-state index contributed by atoms with van der Waals surface area (Å²) in [5.74, 6) is 0.698. The third kappa shape index (κ3) is 3.10. The molecule has 7 heteroatoms. The lowest BCUT2D eigenvalue weighted by Crippen LogP contribution is -2.28. The van der Waals surface area contributed by atoms with Crippen LogP contribution < -0.4 is 11.1 Å². The maximum Gasteiger partial charge on any atom is 0.292 e. The molecule has 27 heavy (non-hydrogen) atoms. The molecule has 0 amide bonds. The summed E-state index contributed by atoms with van der Waals surface area (Å²) < 4.78 is 17.0. The van der Waals surface area contributed by atoms with E-state index in [1.165, 1.54) is 0 Å². The van der Waals surface area contributed by atoms with E-state index >= 15 is 0 Å². The number of fused-ring (bicyclic) bond motifs is 2. The first-order valence-corrected chi connectivity index (χ1v) is 9.10. The van der Waals surface area contributed by atoms with Gasteiger partial charge in [-0.05, 0) is 35.4 Å². The van der Waals surface area contributed by atoms with Crippen molar-refractivity contribution in [3.8, 4) is 11.1 Å². The highest BCUT2D eigenvalue weighted by Gasteiger charge is 2.22. The second-order valence-corrected chi connectivity index (χ2v) is 6.72. The Kier molecular flexibility index (Phi) is 3.94. The van der Waals surface area contributed by atoms with Crippen LogP contribution in [-0.2, 0) is 9.47 Å². The fourth-order valence-corrected chi connectivity index (χ4v) is 3.51. The fraction of sp³-hybridized carbons (Fsp3) is 0.300. The van der Waals surface area contributed by atoms with Gasteiger partial charge < -0.3 is 24.9 Å². The Morgan fingerprint density at radius 3 is 2.78 bits per heavy atom. The topological polar surface area (TPSA) is 94.9 Å². The molecule has 0 spiro atoms. The second-order valence-electron chi connectivity index (χ2n) is 6.72. The Hall–Kier alpha value is -3.06. The molecule has 1 aromatic heterocycles. The van der Waals surface area contributed by atoms with Gasteiger partial charge in [-0.25, -0.2) is 4.99 Å². The fourth-order valence-electron chi connectivity index (χ4n) is 3.51. The molecule has 3 heterocycles. The smallest absolute Gasteiger partial charge is 0.292 e. The lowest BCUT2D eigenvalue weighted by molar-refractivity contribution is 0.0205. The van der Waals surface area contributed by atoms with Crippen LogP contribution in [0.4, 0.5) is 11.7 Å². The molecule has 2 aliphatic rings. The number of oxazole rings is 1. The van der Waals surface area contributed by atoms with Crippen molar-refractivity contribution in [3.63, 3.8) is 0 Å². The third-order valence-electron chi connectivity index (χ3n) is 4.93. The molecular formula is C20H20N4O3. The molecule has 7 nitrogen and oxygen atoms in total. The zero-order valence-electron chi connectivity index (χ0n) is 14.8. The summed E-state index contributed by atoms with van der Waals surface area (Å²) in [6.07, 6.45) is 1.94. The number of aliphatic imine (C=N–C) groups is 1. The van der Waals surface area contributed by atoms with E-state index in [0.717, 1.165) is 53.9 Å². The molecule has 0 bridgehead atoms. The minimum atomic E-state index is 0.154. The van der Waals surface area contributed by atoms with Crippen molar-refractivity contribution in [1.29, 1.82) is 0 Å². The maximum atomic E-state index is 6.21. The Morgan fingerprint density at radius 2 is 1.89 bits per heavy atom. The predicted octanol–water partition coefficient (Wildman–Crippen LogP) is 3.40. The lowest BCUT2D eigenvalue weighted by atomic mass is 10.0. The van der Waals surface area contributed by atoms with Gasteiger partial charge in [0.2, 0.25) is 5.90 Å². The number of ether oxygens (including phenoxy) is 2. The quantitative estimate of drug-likeness (QED) is 0.724. The van der Waals surface area contributed by atoms with Crippen LogP contribution in [0.25, 0.3) is 22.2 Å². The first-order chi connectivity index (χ1) is 13.3. The van der Waals surface area contributed by atoms with Crippen LogP contribution in [0.2, 0.25) is 0 Å².